The zero-order valence-corrected chi connectivity index (χ0v) is 15.2. The van der Waals surface area contributed by atoms with Crippen LogP contribution in [0.4, 0.5) is 4.39 Å². The van der Waals surface area contributed by atoms with Gasteiger partial charge in [0.05, 0.1) is 11.1 Å². The number of ether oxygens (including phenoxy) is 1. The van der Waals surface area contributed by atoms with Gasteiger partial charge in [-0.1, -0.05) is 29.8 Å². The van der Waals surface area contributed by atoms with Gasteiger partial charge in [-0.25, -0.2) is 17.5 Å². The molecule has 7 heteroatoms. The molecule has 0 fully saturated rings. The van der Waals surface area contributed by atoms with Crippen LogP contribution in [0.2, 0.25) is 5.02 Å². The molecule has 0 saturated heterocycles. The molecule has 1 N–H and O–H groups in total. The van der Waals surface area contributed by atoms with E-state index < -0.39 is 21.9 Å². The van der Waals surface area contributed by atoms with Gasteiger partial charge in [-0.05, 0) is 50.1 Å². The van der Waals surface area contributed by atoms with E-state index in [1.54, 1.807) is 6.92 Å². The van der Waals surface area contributed by atoms with E-state index in [1.165, 1.54) is 0 Å². The Hall–Kier alpha value is -1.63. The lowest BCUT2D eigenvalue weighted by Crippen LogP contribution is -2.37. The fraction of sp³-hybridized carbons (Fsp3) is 0.294. The van der Waals surface area contributed by atoms with Crippen LogP contribution in [0.5, 0.6) is 5.75 Å². The molecule has 2 aromatic rings. The highest BCUT2D eigenvalue weighted by molar-refractivity contribution is 7.89. The van der Waals surface area contributed by atoms with Gasteiger partial charge in [0.25, 0.3) is 0 Å². The molecular formula is C17H19ClFNO3S. The van der Waals surface area contributed by atoms with Gasteiger partial charge in [0.2, 0.25) is 10.0 Å². The van der Waals surface area contributed by atoms with Crippen molar-refractivity contribution in [2.45, 2.75) is 31.7 Å². The Morgan fingerprint density at radius 3 is 2.42 bits per heavy atom. The Morgan fingerprint density at radius 1 is 1.21 bits per heavy atom. The van der Waals surface area contributed by atoms with Crippen molar-refractivity contribution in [2.75, 3.05) is 6.61 Å². The molecule has 0 aliphatic rings. The highest BCUT2D eigenvalue weighted by Gasteiger charge is 2.21. The summed E-state index contributed by atoms with van der Waals surface area (Å²) in [7, 11) is -3.86. The van der Waals surface area contributed by atoms with Gasteiger partial charge in [-0.15, -0.1) is 0 Å². The summed E-state index contributed by atoms with van der Waals surface area (Å²) in [5.74, 6) is 0.147. The molecule has 4 nitrogen and oxygen atoms in total. The Bertz CT molecular complexity index is 819. The molecule has 0 radical (unpaired) electrons. The van der Waals surface area contributed by atoms with Crippen molar-refractivity contribution in [2.24, 2.45) is 0 Å². The minimum Gasteiger partial charge on any atom is -0.491 e. The topological polar surface area (TPSA) is 55.4 Å². The maximum atomic E-state index is 13.1. The summed E-state index contributed by atoms with van der Waals surface area (Å²) in [6, 6.07) is 8.45. The quantitative estimate of drug-likeness (QED) is 0.839. The second-order valence-electron chi connectivity index (χ2n) is 5.63. The lowest BCUT2D eigenvalue weighted by molar-refractivity contribution is 0.284. The molecular weight excluding hydrogens is 353 g/mol. The number of hydrogen-bond donors (Lipinski definition) is 1. The molecule has 2 aromatic carbocycles. The number of para-hydroxylation sites is 1. The summed E-state index contributed by atoms with van der Waals surface area (Å²) in [5, 5.41) is -0.162. The molecule has 0 bridgehead atoms. The molecule has 1 atom stereocenters. The normalized spacial score (nSPS) is 12.9. The molecule has 0 amide bonds. The van der Waals surface area contributed by atoms with Crippen molar-refractivity contribution in [1.82, 2.24) is 4.72 Å². The standard InChI is InChI=1S/C17H19ClFNO3S/c1-11-5-4-6-12(2)17(11)23-10-13(3)20-24(21,22)16-8-7-14(19)9-15(16)18/h4-9,13,20H,10H2,1-3H3. The molecule has 1 unspecified atom stereocenters. The summed E-state index contributed by atoms with van der Waals surface area (Å²) >= 11 is 5.82. The average molecular weight is 372 g/mol. The van der Waals surface area contributed by atoms with Crippen LogP contribution in [0.25, 0.3) is 0 Å². The third kappa shape index (κ3) is 4.47. The van der Waals surface area contributed by atoms with Crippen LogP contribution in [-0.2, 0) is 10.0 Å². The second kappa shape index (κ2) is 7.51. The fourth-order valence-corrected chi connectivity index (χ4v) is 4.05. The first kappa shape index (κ1) is 18.7. The number of rotatable bonds is 6. The molecule has 0 spiro atoms. The van der Waals surface area contributed by atoms with Gasteiger partial charge >= 0.3 is 0 Å². The van der Waals surface area contributed by atoms with Gasteiger partial charge < -0.3 is 4.74 Å². The molecule has 0 saturated carbocycles. The van der Waals surface area contributed by atoms with E-state index in [9.17, 15) is 12.8 Å². The Kier molecular flexibility index (Phi) is 5.85. The van der Waals surface area contributed by atoms with E-state index in [0.717, 1.165) is 35.1 Å². The van der Waals surface area contributed by atoms with Crippen molar-refractivity contribution in [3.63, 3.8) is 0 Å². The van der Waals surface area contributed by atoms with E-state index in [0.29, 0.717) is 0 Å². The zero-order valence-electron chi connectivity index (χ0n) is 13.6. The van der Waals surface area contributed by atoms with Crippen LogP contribution in [0, 0.1) is 19.7 Å². The maximum absolute atomic E-state index is 13.1. The zero-order chi connectivity index (χ0) is 17.9. The van der Waals surface area contributed by atoms with Gasteiger partial charge in [0.1, 0.15) is 23.1 Å². The monoisotopic (exact) mass is 371 g/mol. The Balaban J connectivity index is 2.07. The lowest BCUT2D eigenvalue weighted by atomic mass is 10.1. The van der Waals surface area contributed by atoms with Crippen molar-refractivity contribution < 1.29 is 17.5 Å². The number of aryl methyl sites for hydroxylation is 2. The van der Waals surface area contributed by atoms with Crippen molar-refractivity contribution in [1.29, 1.82) is 0 Å². The molecule has 130 valence electrons. The van der Waals surface area contributed by atoms with E-state index in [2.05, 4.69) is 4.72 Å². The number of hydrogen-bond acceptors (Lipinski definition) is 3. The first-order valence-corrected chi connectivity index (χ1v) is 9.23. The SMILES string of the molecule is Cc1cccc(C)c1OCC(C)NS(=O)(=O)c1ccc(F)cc1Cl. The van der Waals surface area contributed by atoms with Gasteiger partial charge in [-0.2, -0.15) is 0 Å². The first-order valence-electron chi connectivity index (χ1n) is 7.37. The van der Waals surface area contributed by atoms with Crippen molar-refractivity contribution in [3.8, 4) is 5.75 Å². The van der Waals surface area contributed by atoms with E-state index >= 15 is 0 Å². The third-order valence-corrected chi connectivity index (χ3v) is 5.50. The molecule has 0 aromatic heterocycles. The largest absolute Gasteiger partial charge is 0.491 e. The van der Waals surface area contributed by atoms with Crippen LogP contribution in [-0.4, -0.2) is 21.1 Å². The van der Waals surface area contributed by atoms with Crippen molar-refractivity contribution in [3.05, 3.63) is 58.4 Å². The highest BCUT2D eigenvalue weighted by atomic mass is 35.5. The van der Waals surface area contributed by atoms with Crippen molar-refractivity contribution >= 4 is 21.6 Å². The van der Waals surface area contributed by atoms with Crippen LogP contribution in [0.15, 0.2) is 41.3 Å². The predicted octanol–water partition coefficient (Wildman–Crippen LogP) is 3.84. The smallest absolute Gasteiger partial charge is 0.242 e. The minimum atomic E-state index is -3.86. The van der Waals surface area contributed by atoms with Gasteiger partial charge in [0, 0.05) is 0 Å². The molecule has 0 aliphatic carbocycles. The molecule has 0 heterocycles. The maximum Gasteiger partial charge on any atom is 0.242 e. The van der Waals surface area contributed by atoms with E-state index in [1.807, 2.05) is 32.0 Å². The molecule has 2 rings (SSSR count). The van der Waals surface area contributed by atoms with Crippen LogP contribution in [0.1, 0.15) is 18.1 Å². The number of benzene rings is 2. The summed E-state index contributed by atoms with van der Waals surface area (Å²) < 4.78 is 46.0. The molecule has 24 heavy (non-hydrogen) atoms. The number of nitrogens with one attached hydrogen (secondary N) is 1. The summed E-state index contributed by atoms with van der Waals surface area (Å²) in [6.07, 6.45) is 0. The summed E-state index contributed by atoms with van der Waals surface area (Å²) in [6.45, 7) is 5.69. The summed E-state index contributed by atoms with van der Waals surface area (Å²) in [5.41, 5.74) is 1.96. The average Bonchev–Trinajstić information content (AvgIpc) is 2.45. The Morgan fingerprint density at radius 2 is 1.83 bits per heavy atom. The lowest BCUT2D eigenvalue weighted by Gasteiger charge is -2.18. The first-order chi connectivity index (χ1) is 11.2. The van der Waals surface area contributed by atoms with Gasteiger partial charge in [0.15, 0.2) is 0 Å². The molecule has 0 aliphatic heterocycles. The van der Waals surface area contributed by atoms with E-state index in [-0.39, 0.29) is 16.5 Å². The predicted molar refractivity (Wildman–Crippen MR) is 92.6 cm³/mol. The van der Waals surface area contributed by atoms with Gasteiger partial charge in [-0.3, -0.25) is 0 Å². The third-order valence-electron chi connectivity index (χ3n) is 3.43. The van der Waals surface area contributed by atoms with Crippen LogP contribution < -0.4 is 9.46 Å². The van der Waals surface area contributed by atoms with Crippen LogP contribution in [0.3, 0.4) is 0 Å². The summed E-state index contributed by atoms with van der Waals surface area (Å²) in [4.78, 5) is -0.163. The highest BCUT2D eigenvalue weighted by Crippen LogP contribution is 2.24. The van der Waals surface area contributed by atoms with E-state index in [4.69, 9.17) is 16.3 Å². The minimum absolute atomic E-state index is 0.156. The van der Waals surface area contributed by atoms with Crippen LogP contribution >= 0.6 is 11.6 Å². The fourth-order valence-electron chi connectivity index (χ4n) is 2.29. The second-order valence-corrected chi connectivity index (χ2v) is 7.72. The number of sulfonamides is 1. The Labute approximate surface area is 146 Å². The number of halogens is 2.